The molecule has 4 N–H and O–H groups in total. The van der Waals surface area contributed by atoms with Crippen LogP contribution in [0.15, 0.2) is 53.3 Å². The number of benzene rings is 1. The highest BCUT2D eigenvalue weighted by Gasteiger charge is 2.31. The number of rotatable bonds is 5. The van der Waals surface area contributed by atoms with E-state index >= 15 is 0 Å². The Morgan fingerprint density at radius 3 is 2.67 bits per heavy atom. The van der Waals surface area contributed by atoms with Crippen LogP contribution < -0.4 is 11.1 Å². The predicted octanol–water partition coefficient (Wildman–Crippen LogP) is 3.06. The van der Waals surface area contributed by atoms with E-state index in [9.17, 15) is 5.11 Å². The number of nitrogens with one attached hydrogen (secondary N) is 1. The van der Waals surface area contributed by atoms with Crippen LogP contribution in [0.4, 0.5) is 11.6 Å². The number of hydrogen-bond acceptors (Lipinski definition) is 10. The summed E-state index contributed by atoms with van der Waals surface area (Å²) in [6.45, 7) is 3.22. The lowest BCUT2D eigenvalue weighted by Gasteiger charge is -2.28. The number of hydrogen-bond donors (Lipinski definition) is 3. The largest absolute Gasteiger partial charge is 0.421 e. The number of aromatic nitrogens is 7. The lowest BCUT2D eigenvalue weighted by Crippen LogP contribution is -2.33. The molecule has 0 aliphatic heterocycles. The molecular formula is C21H18ClN9O2. The molecule has 5 rings (SSSR count). The molecule has 11 nitrogen and oxygen atoms in total. The Morgan fingerprint density at radius 1 is 1.15 bits per heavy atom. The van der Waals surface area contributed by atoms with E-state index < -0.39 is 5.72 Å². The minimum atomic E-state index is -1.68. The molecule has 1 atom stereocenters. The van der Waals surface area contributed by atoms with Gasteiger partial charge in [0.15, 0.2) is 16.5 Å². The Bertz CT molecular complexity index is 1460. The first kappa shape index (κ1) is 20.8. The maximum Gasteiger partial charge on any atom is 0.255 e. The normalized spacial score (nSPS) is 13.2. The molecule has 4 heterocycles. The first-order valence-corrected chi connectivity index (χ1v) is 10.2. The van der Waals surface area contributed by atoms with Crippen LogP contribution in [0.3, 0.4) is 0 Å². The van der Waals surface area contributed by atoms with Gasteiger partial charge in [0.2, 0.25) is 5.89 Å². The Hall–Kier alpha value is -4.09. The van der Waals surface area contributed by atoms with Gasteiger partial charge in [0.1, 0.15) is 23.5 Å². The first-order valence-electron chi connectivity index (χ1n) is 9.85. The van der Waals surface area contributed by atoms with Gasteiger partial charge in [-0.15, -0.1) is 10.2 Å². The Kier molecular flexibility index (Phi) is 4.91. The zero-order chi connectivity index (χ0) is 23.2. The molecule has 0 aliphatic carbocycles. The van der Waals surface area contributed by atoms with Crippen molar-refractivity contribution >= 4 is 28.9 Å². The minimum absolute atomic E-state index is 0.115. The summed E-state index contributed by atoms with van der Waals surface area (Å²) >= 11 is 6.24. The smallest absolute Gasteiger partial charge is 0.255 e. The van der Waals surface area contributed by atoms with Gasteiger partial charge in [0, 0.05) is 18.1 Å². The second-order valence-corrected chi connectivity index (χ2v) is 7.82. The van der Waals surface area contributed by atoms with Gasteiger partial charge >= 0.3 is 0 Å². The summed E-state index contributed by atoms with van der Waals surface area (Å²) in [6, 6.07) is 11.1. The maximum absolute atomic E-state index is 11.6. The van der Waals surface area contributed by atoms with E-state index in [1.807, 2.05) is 30.3 Å². The fourth-order valence-electron chi connectivity index (χ4n) is 3.47. The molecule has 0 saturated carbocycles. The van der Waals surface area contributed by atoms with E-state index in [4.69, 9.17) is 21.8 Å². The average Bonchev–Trinajstić information content (AvgIpc) is 3.38. The minimum Gasteiger partial charge on any atom is -0.421 e. The summed E-state index contributed by atoms with van der Waals surface area (Å²) in [4.78, 5) is 12.5. The Labute approximate surface area is 192 Å². The lowest BCUT2D eigenvalue weighted by atomic mass is 9.98. The molecule has 12 heteroatoms. The van der Waals surface area contributed by atoms with Gasteiger partial charge < -0.3 is 20.6 Å². The third kappa shape index (κ3) is 3.73. The van der Waals surface area contributed by atoms with Gasteiger partial charge in [-0.3, -0.25) is 0 Å². The number of nitrogen functional groups attached to an aromatic ring is 1. The van der Waals surface area contributed by atoms with E-state index in [2.05, 4.69) is 35.6 Å². The second kappa shape index (κ2) is 7.80. The number of anilines is 2. The molecule has 1 aromatic carbocycles. The molecule has 4 aromatic heterocycles. The van der Waals surface area contributed by atoms with Gasteiger partial charge in [-0.25, -0.2) is 19.5 Å². The molecule has 0 radical (unpaired) electrons. The zero-order valence-corrected chi connectivity index (χ0v) is 18.3. The van der Waals surface area contributed by atoms with Crippen molar-refractivity contribution in [3.8, 4) is 22.7 Å². The summed E-state index contributed by atoms with van der Waals surface area (Å²) in [5.41, 5.74) is 6.85. The highest BCUT2D eigenvalue weighted by atomic mass is 35.5. The van der Waals surface area contributed by atoms with Crippen molar-refractivity contribution in [3.05, 3.63) is 65.5 Å². The quantitative estimate of drug-likeness (QED) is 0.331. The van der Waals surface area contributed by atoms with Crippen LogP contribution in [0.25, 0.3) is 28.4 Å². The molecule has 33 heavy (non-hydrogen) atoms. The van der Waals surface area contributed by atoms with Crippen molar-refractivity contribution in [2.24, 2.45) is 0 Å². The van der Waals surface area contributed by atoms with Gasteiger partial charge in [-0.1, -0.05) is 41.9 Å². The Balaban J connectivity index is 1.66. The molecule has 0 bridgehead atoms. The topological polar surface area (TPSA) is 153 Å². The van der Waals surface area contributed by atoms with Crippen molar-refractivity contribution in [3.63, 3.8) is 0 Å². The molecule has 0 aliphatic rings. The molecule has 0 fully saturated rings. The van der Waals surface area contributed by atoms with Crippen molar-refractivity contribution in [1.29, 1.82) is 0 Å². The molecule has 0 unspecified atom stereocenters. The molecule has 0 saturated heterocycles. The number of halogens is 1. The van der Waals surface area contributed by atoms with Gasteiger partial charge in [-0.2, -0.15) is 5.10 Å². The number of aliphatic hydroxyl groups is 1. The van der Waals surface area contributed by atoms with E-state index in [0.717, 1.165) is 5.56 Å². The van der Waals surface area contributed by atoms with Gasteiger partial charge in [-0.05, 0) is 13.0 Å². The van der Waals surface area contributed by atoms with Crippen molar-refractivity contribution < 1.29 is 9.52 Å². The number of aryl methyl sites for hydroxylation is 1. The monoisotopic (exact) mass is 463 g/mol. The van der Waals surface area contributed by atoms with Crippen LogP contribution >= 0.6 is 11.6 Å². The number of fused-ring (bicyclic) bond motifs is 1. The van der Waals surface area contributed by atoms with Crippen LogP contribution in [0, 0.1) is 6.92 Å². The molecule has 0 spiro atoms. The van der Waals surface area contributed by atoms with E-state index in [1.54, 1.807) is 19.9 Å². The Morgan fingerprint density at radius 2 is 1.94 bits per heavy atom. The fraction of sp³-hybridized carbons (Fsp3) is 0.143. The number of nitrogens with zero attached hydrogens (tertiary/aromatic N) is 7. The van der Waals surface area contributed by atoms with Crippen LogP contribution in [0.2, 0.25) is 5.15 Å². The third-order valence-corrected chi connectivity index (χ3v) is 5.26. The second-order valence-electron chi connectivity index (χ2n) is 7.43. The van der Waals surface area contributed by atoms with Crippen LogP contribution in [-0.2, 0) is 5.72 Å². The van der Waals surface area contributed by atoms with E-state index in [1.165, 1.54) is 17.0 Å². The molecule has 5 aromatic rings. The summed E-state index contributed by atoms with van der Waals surface area (Å²) < 4.78 is 7.02. The third-order valence-electron chi connectivity index (χ3n) is 5.00. The lowest BCUT2D eigenvalue weighted by molar-refractivity contribution is 0.0885. The highest BCUT2D eigenvalue weighted by Crippen LogP contribution is 2.36. The number of nitrogens with two attached hydrogens (primary N) is 1. The standard InChI is InChI=1S/C21H18ClN9O2/c1-11-28-29-20(33-11)16-18(23)25-10-26-19(16)27-21(2,32)13-8-15-24-9-14(22)31(15)30-17(13)12-6-4-3-5-7-12/h3-10,32H,1-2H3,(H3,23,25,26,27)/t21-/m0/s1. The van der Waals surface area contributed by atoms with Crippen molar-refractivity contribution in [2.75, 3.05) is 11.1 Å². The van der Waals surface area contributed by atoms with Crippen molar-refractivity contribution in [2.45, 2.75) is 19.6 Å². The summed E-state index contributed by atoms with van der Waals surface area (Å²) in [5, 5.41) is 27.5. The van der Waals surface area contributed by atoms with Crippen LogP contribution in [0.1, 0.15) is 18.4 Å². The average molecular weight is 464 g/mol. The van der Waals surface area contributed by atoms with Gasteiger partial charge in [0.05, 0.1) is 11.9 Å². The number of imidazole rings is 1. The molecular weight excluding hydrogens is 446 g/mol. The summed E-state index contributed by atoms with van der Waals surface area (Å²) in [5.74, 6) is 0.796. The maximum atomic E-state index is 11.6. The first-order chi connectivity index (χ1) is 15.8. The van der Waals surface area contributed by atoms with Gasteiger partial charge in [0.25, 0.3) is 5.89 Å². The predicted molar refractivity (Wildman–Crippen MR) is 121 cm³/mol. The summed E-state index contributed by atoms with van der Waals surface area (Å²) in [7, 11) is 0. The van der Waals surface area contributed by atoms with Crippen LogP contribution in [-0.4, -0.2) is 39.9 Å². The zero-order valence-electron chi connectivity index (χ0n) is 17.6. The van der Waals surface area contributed by atoms with Crippen molar-refractivity contribution in [1.82, 2.24) is 34.8 Å². The highest BCUT2D eigenvalue weighted by molar-refractivity contribution is 6.29. The molecule has 166 valence electrons. The van der Waals surface area contributed by atoms with E-state index in [0.29, 0.717) is 27.9 Å². The van der Waals surface area contributed by atoms with E-state index in [-0.39, 0.29) is 23.1 Å². The SMILES string of the molecule is Cc1nnc(-c2c(N)ncnc2N[C@@](C)(O)c2cc3ncc(Cl)n3nc2-c2ccccc2)o1. The fourth-order valence-corrected chi connectivity index (χ4v) is 3.64. The summed E-state index contributed by atoms with van der Waals surface area (Å²) in [6.07, 6.45) is 2.76. The van der Waals surface area contributed by atoms with Crippen LogP contribution in [0.5, 0.6) is 0 Å². The molecule has 0 amide bonds.